The van der Waals surface area contributed by atoms with Crippen molar-refractivity contribution in [2.45, 2.75) is 31.8 Å². The molecule has 0 saturated carbocycles. The van der Waals surface area contributed by atoms with Crippen LogP contribution in [0.25, 0.3) is 0 Å². The van der Waals surface area contributed by atoms with Crippen LogP contribution in [0.4, 0.5) is 29.1 Å². The third-order valence-corrected chi connectivity index (χ3v) is 4.51. The summed E-state index contributed by atoms with van der Waals surface area (Å²) in [6, 6.07) is 9.84. The molecule has 1 aromatic heterocycles. The molecule has 2 heterocycles. The molecule has 1 saturated heterocycles. The van der Waals surface area contributed by atoms with E-state index in [0.29, 0.717) is 16.8 Å². The minimum atomic E-state index is -4.19. The zero-order valence-electron chi connectivity index (χ0n) is 15.6. The highest BCUT2D eigenvalue weighted by atomic mass is 19.3. The van der Waals surface area contributed by atoms with E-state index in [1.165, 1.54) is 12.3 Å². The standard InChI is InChI=1S/C20H21F4N3O2/c21-19(22)20(23,24)13-29-12-14-4-3-5-16(10-14)26-18(28)15-6-7-17(25-11-15)27-8-1-2-9-27/h3-7,10-11,19H,1-2,8-9,12-13H2,(H,26,28). The number of alkyl halides is 4. The Balaban J connectivity index is 1.56. The maximum Gasteiger partial charge on any atom is 0.330 e. The van der Waals surface area contributed by atoms with E-state index in [2.05, 4.69) is 15.2 Å². The molecule has 9 heteroatoms. The van der Waals surface area contributed by atoms with E-state index < -0.39 is 19.0 Å². The van der Waals surface area contributed by atoms with E-state index in [0.717, 1.165) is 31.7 Å². The summed E-state index contributed by atoms with van der Waals surface area (Å²) in [7, 11) is 0. The smallest absolute Gasteiger partial charge is 0.330 e. The number of carbonyl (C=O) groups excluding carboxylic acids is 1. The van der Waals surface area contributed by atoms with Crippen LogP contribution in [-0.2, 0) is 11.3 Å². The lowest BCUT2D eigenvalue weighted by molar-refractivity contribution is -0.168. The Hall–Kier alpha value is -2.68. The van der Waals surface area contributed by atoms with Crippen LogP contribution in [0.1, 0.15) is 28.8 Å². The van der Waals surface area contributed by atoms with Crippen molar-refractivity contribution < 1.29 is 27.1 Å². The SMILES string of the molecule is O=C(Nc1cccc(COCC(F)(F)C(F)F)c1)c1ccc(N2CCCC2)nc1. The number of hydrogen-bond donors (Lipinski definition) is 1. The Morgan fingerprint density at radius 3 is 2.62 bits per heavy atom. The lowest BCUT2D eigenvalue weighted by Gasteiger charge is -2.16. The molecule has 5 nitrogen and oxygen atoms in total. The first kappa shape index (κ1) is 21.0. The highest BCUT2D eigenvalue weighted by molar-refractivity contribution is 6.04. The van der Waals surface area contributed by atoms with E-state index in [1.54, 1.807) is 30.3 Å². The maximum absolute atomic E-state index is 12.9. The van der Waals surface area contributed by atoms with Gasteiger partial charge in [-0.25, -0.2) is 13.8 Å². The third-order valence-electron chi connectivity index (χ3n) is 4.51. The summed E-state index contributed by atoms with van der Waals surface area (Å²) in [6.45, 7) is 0.252. The van der Waals surface area contributed by atoms with Crippen LogP contribution < -0.4 is 10.2 Å². The second-order valence-electron chi connectivity index (χ2n) is 6.81. The summed E-state index contributed by atoms with van der Waals surface area (Å²) in [5.74, 6) is -3.73. The number of benzene rings is 1. The molecule has 1 aliphatic rings. The van der Waals surface area contributed by atoms with Crippen LogP contribution in [-0.4, -0.2) is 42.9 Å². The highest BCUT2D eigenvalue weighted by Crippen LogP contribution is 2.24. The van der Waals surface area contributed by atoms with Gasteiger partial charge in [-0.05, 0) is 42.7 Å². The number of nitrogens with zero attached hydrogens (tertiary/aromatic N) is 2. The number of ether oxygens (including phenoxy) is 1. The number of carbonyl (C=O) groups is 1. The van der Waals surface area contributed by atoms with Gasteiger partial charge in [0, 0.05) is 25.0 Å². The molecule has 1 fully saturated rings. The lowest BCUT2D eigenvalue weighted by atomic mass is 10.2. The molecule has 0 radical (unpaired) electrons. The van der Waals surface area contributed by atoms with Crippen molar-refractivity contribution in [1.29, 1.82) is 0 Å². The average molecular weight is 411 g/mol. The predicted octanol–water partition coefficient (Wildman–Crippen LogP) is 4.35. The van der Waals surface area contributed by atoms with E-state index >= 15 is 0 Å². The van der Waals surface area contributed by atoms with E-state index in [9.17, 15) is 22.4 Å². The molecule has 0 spiro atoms. The summed E-state index contributed by atoms with van der Waals surface area (Å²) >= 11 is 0. The number of pyridine rings is 1. The van der Waals surface area contributed by atoms with Gasteiger partial charge in [0.15, 0.2) is 0 Å². The Morgan fingerprint density at radius 1 is 1.21 bits per heavy atom. The van der Waals surface area contributed by atoms with E-state index in [4.69, 9.17) is 4.74 Å². The zero-order chi connectivity index (χ0) is 20.9. The van der Waals surface area contributed by atoms with Gasteiger partial charge >= 0.3 is 12.3 Å². The topological polar surface area (TPSA) is 54.5 Å². The van der Waals surface area contributed by atoms with Gasteiger partial charge in [-0.3, -0.25) is 4.79 Å². The second kappa shape index (κ2) is 9.21. The van der Waals surface area contributed by atoms with Gasteiger partial charge in [0.2, 0.25) is 0 Å². The maximum atomic E-state index is 12.9. The fourth-order valence-corrected chi connectivity index (χ4v) is 2.96. The fourth-order valence-electron chi connectivity index (χ4n) is 2.96. The summed E-state index contributed by atoms with van der Waals surface area (Å²) in [4.78, 5) is 18.9. The lowest BCUT2D eigenvalue weighted by Crippen LogP contribution is -2.32. The van der Waals surface area contributed by atoms with E-state index in [1.807, 2.05) is 0 Å². The molecule has 156 valence electrons. The third kappa shape index (κ3) is 5.66. The van der Waals surface area contributed by atoms with E-state index in [-0.39, 0.29) is 12.5 Å². The van der Waals surface area contributed by atoms with Crippen LogP contribution in [0.2, 0.25) is 0 Å². The molecule has 29 heavy (non-hydrogen) atoms. The molecule has 1 N–H and O–H groups in total. The highest BCUT2D eigenvalue weighted by Gasteiger charge is 2.40. The first-order valence-corrected chi connectivity index (χ1v) is 9.20. The molecule has 2 aromatic rings. The molecule has 0 aliphatic carbocycles. The normalized spacial score (nSPS) is 14.4. The molecular formula is C20H21F4N3O2. The Labute approximate surface area is 165 Å². The predicted molar refractivity (Wildman–Crippen MR) is 101 cm³/mol. The van der Waals surface area contributed by atoms with Crippen molar-refractivity contribution in [3.63, 3.8) is 0 Å². The van der Waals surface area contributed by atoms with Gasteiger partial charge < -0.3 is 15.0 Å². The number of rotatable bonds is 8. The average Bonchev–Trinajstić information content (AvgIpc) is 3.23. The quantitative estimate of drug-likeness (QED) is 0.657. The van der Waals surface area contributed by atoms with Gasteiger partial charge in [0.25, 0.3) is 5.91 Å². The molecule has 0 atom stereocenters. The Bertz CT molecular complexity index is 825. The van der Waals surface area contributed by atoms with Crippen LogP contribution >= 0.6 is 0 Å². The van der Waals surface area contributed by atoms with Gasteiger partial charge in [-0.15, -0.1) is 0 Å². The monoisotopic (exact) mass is 411 g/mol. The van der Waals surface area contributed by atoms with Crippen molar-refractivity contribution in [3.8, 4) is 0 Å². The number of halogens is 4. The van der Waals surface area contributed by atoms with Gasteiger partial charge in [-0.1, -0.05) is 12.1 Å². The van der Waals surface area contributed by atoms with Gasteiger partial charge in [0.1, 0.15) is 12.4 Å². The first-order valence-electron chi connectivity index (χ1n) is 9.20. The van der Waals surface area contributed by atoms with Crippen molar-refractivity contribution in [1.82, 2.24) is 4.98 Å². The van der Waals surface area contributed by atoms with Crippen LogP contribution in [0.5, 0.6) is 0 Å². The van der Waals surface area contributed by atoms with Crippen molar-refractivity contribution in [3.05, 3.63) is 53.7 Å². The molecule has 3 rings (SSSR count). The van der Waals surface area contributed by atoms with Gasteiger partial charge in [-0.2, -0.15) is 8.78 Å². The molecule has 1 amide bonds. The summed E-state index contributed by atoms with van der Waals surface area (Å²) in [5, 5.41) is 2.70. The zero-order valence-corrected chi connectivity index (χ0v) is 15.6. The summed E-state index contributed by atoms with van der Waals surface area (Å²) in [5.41, 5.74) is 1.28. The van der Waals surface area contributed by atoms with Crippen molar-refractivity contribution >= 4 is 17.4 Å². The first-order chi connectivity index (χ1) is 13.8. The molecule has 1 aliphatic heterocycles. The Morgan fingerprint density at radius 2 is 1.97 bits per heavy atom. The largest absolute Gasteiger partial charge is 0.370 e. The minimum absolute atomic E-state index is 0.280. The van der Waals surface area contributed by atoms with Crippen LogP contribution in [0, 0.1) is 0 Å². The van der Waals surface area contributed by atoms with Gasteiger partial charge in [0.05, 0.1) is 12.2 Å². The van der Waals surface area contributed by atoms with Crippen molar-refractivity contribution in [2.24, 2.45) is 0 Å². The molecule has 0 bridgehead atoms. The van der Waals surface area contributed by atoms with Crippen LogP contribution in [0.15, 0.2) is 42.6 Å². The fraction of sp³-hybridized carbons (Fsp3) is 0.400. The molecule has 0 unspecified atom stereocenters. The molecular weight excluding hydrogens is 390 g/mol. The minimum Gasteiger partial charge on any atom is -0.370 e. The number of aromatic nitrogens is 1. The second-order valence-corrected chi connectivity index (χ2v) is 6.81. The summed E-state index contributed by atoms with van der Waals surface area (Å²) < 4.78 is 54.7. The molecule has 1 aromatic carbocycles. The number of nitrogens with one attached hydrogen (secondary N) is 1. The number of anilines is 2. The van der Waals surface area contributed by atoms with Crippen molar-refractivity contribution in [2.75, 3.05) is 29.9 Å². The summed E-state index contributed by atoms with van der Waals surface area (Å²) in [6.07, 6.45) is -0.0193. The Kier molecular flexibility index (Phi) is 6.68. The number of hydrogen-bond acceptors (Lipinski definition) is 4. The van der Waals surface area contributed by atoms with Crippen LogP contribution in [0.3, 0.4) is 0 Å². The number of amides is 1.